The highest BCUT2D eigenvalue weighted by Gasteiger charge is 2.17. The third-order valence-corrected chi connectivity index (χ3v) is 4.76. The van der Waals surface area contributed by atoms with E-state index in [0.29, 0.717) is 17.0 Å². The molecule has 5 rings (SSSR count). The Morgan fingerprint density at radius 1 is 0.862 bits per heavy atom. The molecule has 2 heterocycles. The van der Waals surface area contributed by atoms with E-state index in [1.807, 2.05) is 54.6 Å². The van der Waals surface area contributed by atoms with Crippen molar-refractivity contribution in [3.63, 3.8) is 0 Å². The number of rotatable bonds is 3. The lowest BCUT2D eigenvalue weighted by Gasteiger charge is -2.11. The largest absolute Gasteiger partial charge is 1.00 e. The molecule has 0 spiro atoms. The summed E-state index contributed by atoms with van der Waals surface area (Å²) in [5, 5.41) is 12.0. The molecular formula is C22H14ClN2O4-. The quantitative estimate of drug-likeness (QED) is 0.386. The molecule has 6 nitrogen and oxygen atoms in total. The van der Waals surface area contributed by atoms with Crippen molar-refractivity contribution in [1.29, 1.82) is 0 Å². The number of ether oxygens (including phenoxy) is 2. The van der Waals surface area contributed by atoms with Gasteiger partial charge in [0.15, 0.2) is 11.5 Å². The predicted octanol–water partition coefficient (Wildman–Crippen LogP) is 2.21. The Balaban J connectivity index is 0.00000205. The molecule has 0 saturated heterocycles. The lowest BCUT2D eigenvalue weighted by molar-refractivity contribution is -0.384. The van der Waals surface area contributed by atoms with E-state index < -0.39 is 0 Å². The number of nitro benzene ring substituents is 1. The van der Waals surface area contributed by atoms with Gasteiger partial charge in [0.05, 0.1) is 16.1 Å². The molecule has 0 aliphatic carbocycles. The van der Waals surface area contributed by atoms with Gasteiger partial charge in [0.25, 0.3) is 5.69 Å². The molecule has 3 aromatic carbocycles. The fraction of sp³-hybridized carbons (Fsp3) is 0.0455. The van der Waals surface area contributed by atoms with Gasteiger partial charge in [-0.3, -0.25) is 10.1 Å². The number of nitrogens with zero attached hydrogens (tertiary/aromatic N) is 2. The summed E-state index contributed by atoms with van der Waals surface area (Å²) in [6.07, 6.45) is 0. The van der Waals surface area contributed by atoms with E-state index in [2.05, 4.69) is 0 Å². The Labute approximate surface area is 172 Å². The van der Waals surface area contributed by atoms with Gasteiger partial charge >= 0.3 is 0 Å². The van der Waals surface area contributed by atoms with Gasteiger partial charge in [0.2, 0.25) is 6.79 Å². The molecule has 0 fully saturated rings. The molecule has 0 atom stereocenters. The van der Waals surface area contributed by atoms with Crippen molar-refractivity contribution in [2.24, 2.45) is 0 Å². The molecule has 29 heavy (non-hydrogen) atoms. The smallest absolute Gasteiger partial charge is 0.270 e. The summed E-state index contributed by atoms with van der Waals surface area (Å²) < 4.78 is 10.9. The predicted molar refractivity (Wildman–Crippen MR) is 105 cm³/mol. The molecule has 0 N–H and O–H groups in total. The Morgan fingerprint density at radius 3 is 2.45 bits per heavy atom. The van der Waals surface area contributed by atoms with E-state index in [1.165, 1.54) is 6.07 Å². The van der Waals surface area contributed by atoms with Crippen LogP contribution in [-0.4, -0.2) is 16.7 Å². The number of fused-ring (bicyclic) bond motifs is 2. The van der Waals surface area contributed by atoms with Gasteiger partial charge in [-0.25, -0.2) is 4.98 Å². The summed E-state index contributed by atoms with van der Waals surface area (Å²) in [6.45, 7) is 0.211. The Kier molecular flexibility index (Phi) is 4.78. The molecule has 0 unspecified atom stereocenters. The van der Waals surface area contributed by atoms with Crippen molar-refractivity contribution >= 4 is 16.6 Å². The van der Waals surface area contributed by atoms with Crippen LogP contribution in [0.15, 0.2) is 72.8 Å². The number of nitro groups is 1. The van der Waals surface area contributed by atoms with E-state index in [9.17, 15) is 10.1 Å². The molecule has 1 aliphatic heterocycles. The van der Waals surface area contributed by atoms with E-state index in [0.717, 1.165) is 27.8 Å². The van der Waals surface area contributed by atoms with Crippen molar-refractivity contribution < 1.29 is 26.8 Å². The summed E-state index contributed by atoms with van der Waals surface area (Å²) in [7, 11) is 0. The number of hydrogen-bond donors (Lipinski definition) is 0. The Bertz CT molecular complexity index is 1230. The fourth-order valence-electron chi connectivity index (χ4n) is 3.39. The third kappa shape index (κ3) is 3.34. The molecule has 7 heteroatoms. The van der Waals surface area contributed by atoms with Gasteiger partial charge in [-0.1, -0.05) is 30.3 Å². The van der Waals surface area contributed by atoms with Crippen LogP contribution in [0.5, 0.6) is 11.5 Å². The number of benzene rings is 3. The summed E-state index contributed by atoms with van der Waals surface area (Å²) in [4.78, 5) is 15.6. The van der Waals surface area contributed by atoms with Crippen LogP contribution >= 0.6 is 0 Å². The van der Waals surface area contributed by atoms with E-state index in [1.54, 1.807) is 12.1 Å². The minimum absolute atomic E-state index is 0. The topological polar surface area (TPSA) is 74.5 Å². The number of aromatic nitrogens is 1. The maximum absolute atomic E-state index is 11.2. The van der Waals surface area contributed by atoms with Gasteiger partial charge in [-0.2, -0.15) is 0 Å². The van der Waals surface area contributed by atoms with Crippen molar-refractivity contribution in [2.75, 3.05) is 6.79 Å². The van der Waals surface area contributed by atoms with Gasteiger partial charge in [-0.05, 0) is 41.5 Å². The van der Waals surface area contributed by atoms with Crippen molar-refractivity contribution in [1.82, 2.24) is 4.98 Å². The monoisotopic (exact) mass is 405 g/mol. The van der Waals surface area contributed by atoms with Gasteiger partial charge in [-0.15, -0.1) is 0 Å². The van der Waals surface area contributed by atoms with E-state index in [4.69, 9.17) is 14.5 Å². The van der Waals surface area contributed by atoms with Crippen molar-refractivity contribution in [2.45, 2.75) is 0 Å². The molecule has 1 aliphatic rings. The summed E-state index contributed by atoms with van der Waals surface area (Å²) in [5.74, 6) is 1.40. The number of pyridine rings is 1. The second-order valence-electron chi connectivity index (χ2n) is 6.45. The molecule has 0 radical (unpaired) electrons. The molecule has 144 valence electrons. The molecule has 0 bridgehead atoms. The minimum Gasteiger partial charge on any atom is -1.00 e. The fourth-order valence-corrected chi connectivity index (χ4v) is 3.39. The SMILES string of the molecule is O=[N+]([O-])c1ccc2nc(-c3ccc4c(c3)OCO4)cc(-c3ccccc3)c2c1.[Cl-]. The normalized spacial score (nSPS) is 11.9. The van der Waals surface area contributed by atoms with Crippen LogP contribution in [0, 0.1) is 10.1 Å². The zero-order chi connectivity index (χ0) is 19.1. The molecule has 4 aromatic rings. The van der Waals surface area contributed by atoms with Crippen LogP contribution in [0.4, 0.5) is 5.69 Å². The zero-order valence-corrected chi connectivity index (χ0v) is 15.8. The number of halogens is 1. The lowest BCUT2D eigenvalue weighted by atomic mass is 9.98. The van der Waals surface area contributed by atoms with Crippen molar-refractivity contribution in [3.05, 3.63) is 82.9 Å². The first-order valence-corrected chi connectivity index (χ1v) is 8.74. The first kappa shape index (κ1) is 18.7. The van der Waals surface area contributed by atoms with Crippen LogP contribution in [0.2, 0.25) is 0 Å². The maximum Gasteiger partial charge on any atom is 0.270 e. The van der Waals surface area contributed by atoms with E-state index in [-0.39, 0.29) is 29.8 Å². The maximum atomic E-state index is 11.2. The summed E-state index contributed by atoms with van der Waals surface area (Å²) in [6, 6.07) is 22.2. The van der Waals surface area contributed by atoms with Crippen LogP contribution < -0.4 is 21.9 Å². The lowest BCUT2D eigenvalue weighted by Crippen LogP contribution is -3.00. The minimum atomic E-state index is -0.389. The molecule has 0 amide bonds. The Hall–Kier alpha value is -3.64. The van der Waals surface area contributed by atoms with Crippen LogP contribution in [-0.2, 0) is 0 Å². The number of hydrogen-bond acceptors (Lipinski definition) is 5. The molecular weight excluding hydrogens is 392 g/mol. The first-order chi connectivity index (χ1) is 13.7. The molecule has 1 aromatic heterocycles. The molecule has 0 saturated carbocycles. The van der Waals surface area contributed by atoms with E-state index >= 15 is 0 Å². The summed E-state index contributed by atoms with van der Waals surface area (Å²) in [5.41, 5.74) is 4.25. The highest BCUT2D eigenvalue weighted by molar-refractivity contribution is 5.98. The Morgan fingerprint density at radius 2 is 1.66 bits per heavy atom. The number of non-ortho nitro benzene ring substituents is 1. The van der Waals surface area contributed by atoms with Crippen molar-refractivity contribution in [3.8, 4) is 33.9 Å². The van der Waals surface area contributed by atoms with Gasteiger partial charge in [0.1, 0.15) is 0 Å². The van der Waals surface area contributed by atoms with Crippen LogP contribution in [0.1, 0.15) is 0 Å². The van der Waals surface area contributed by atoms with Gasteiger partial charge < -0.3 is 21.9 Å². The third-order valence-electron chi connectivity index (χ3n) is 4.76. The summed E-state index contributed by atoms with van der Waals surface area (Å²) >= 11 is 0. The zero-order valence-electron chi connectivity index (χ0n) is 15.0. The second-order valence-corrected chi connectivity index (χ2v) is 6.45. The van der Waals surface area contributed by atoms with Crippen LogP contribution in [0.25, 0.3) is 33.3 Å². The average Bonchev–Trinajstić information content (AvgIpc) is 3.21. The highest BCUT2D eigenvalue weighted by Crippen LogP contribution is 2.38. The first-order valence-electron chi connectivity index (χ1n) is 8.74. The van der Waals surface area contributed by atoms with Gasteiger partial charge in [0, 0.05) is 23.1 Å². The standard InChI is InChI=1S/C22H14N2O4.ClH/c25-24(26)16-7-8-19-18(11-16)17(14-4-2-1-3-5-14)12-20(23-19)15-6-9-21-22(10-15)28-13-27-21;/h1-12H,13H2;1H/p-1. The highest BCUT2D eigenvalue weighted by atomic mass is 35.5. The van der Waals surface area contributed by atoms with Crippen LogP contribution in [0.3, 0.4) is 0 Å². The second kappa shape index (κ2) is 7.41. The average molecular weight is 406 g/mol.